The average Bonchev–Trinajstić information content (AvgIpc) is 2.46. The number of ether oxygens (including phenoxy) is 1. The molecular formula is C17H27N3O2. The number of anilines is 2. The molecule has 5 nitrogen and oxygen atoms in total. The number of carbonyl (C=O) groups is 1. The number of benzene rings is 1. The minimum absolute atomic E-state index is 0.157. The molecular weight excluding hydrogens is 278 g/mol. The Morgan fingerprint density at radius 3 is 2.41 bits per heavy atom. The maximum absolute atomic E-state index is 11.8. The molecule has 0 aliphatic carbocycles. The first kappa shape index (κ1) is 16.6. The van der Waals surface area contributed by atoms with Crippen LogP contribution in [0.15, 0.2) is 24.3 Å². The Balaban J connectivity index is 1.94. The number of hydrogen-bond donors (Lipinski definition) is 2. The summed E-state index contributed by atoms with van der Waals surface area (Å²) in [6.07, 6.45) is 1.39. The summed E-state index contributed by atoms with van der Waals surface area (Å²) in [4.78, 5) is 14.1. The molecule has 1 saturated heterocycles. The van der Waals surface area contributed by atoms with Gasteiger partial charge in [0.2, 0.25) is 0 Å². The summed E-state index contributed by atoms with van der Waals surface area (Å²) < 4.78 is 5.75. The zero-order valence-corrected chi connectivity index (χ0v) is 13.9. The highest BCUT2D eigenvalue weighted by molar-refractivity contribution is 5.89. The number of amides is 2. The van der Waals surface area contributed by atoms with Gasteiger partial charge in [-0.1, -0.05) is 6.92 Å². The van der Waals surface area contributed by atoms with Gasteiger partial charge in [0.05, 0.1) is 12.2 Å². The Morgan fingerprint density at radius 2 is 1.86 bits per heavy atom. The highest BCUT2D eigenvalue weighted by atomic mass is 16.5. The van der Waals surface area contributed by atoms with Crippen molar-refractivity contribution < 1.29 is 9.53 Å². The lowest BCUT2D eigenvalue weighted by Gasteiger charge is -2.36. The van der Waals surface area contributed by atoms with Crippen molar-refractivity contribution in [1.29, 1.82) is 0 Å². The SMILES string of the molecule is CC[C@@H](C)NC(=O)Nc1ccc(N2C[C@@H](C)O[C@@H](C)C2)cc1. The second-order valence-corrected chi connectivity index (χ2v) is 6.12. The van der Waals surface area contributed by atoms with Crippen LogP contribution in [-0.4, -0.2) is 37.4 Å². The van der Waals surface area contributed by atoms with Crippen LogP contribution in [-0.2, 0) is 4.74 Å². The van der Waals surface area contributed by atoms with Gasteiger partial charge in [-0.15, -0.1) is 0 Å². The summed E-state index contributed by atoms with van der Waals surface area (Å²) in [7, 11) is 0. The van der Waals surface area contributed by atoms with Gasteiger partial charge < -0.3 is 20.3 Å². The van der Waals surface area contributed by atoms with Gasteiger partial charge in [-0.2, -0.15) is 0 Å². The Hall–Kier alpha value is -1.75. The lowest BCUT2D eigenvalue weighted by atomic mass is 10.2. The van der Waals surface area contributed by atoms with Crippen LogP contribution in [0, 0.1) is 0 Å². The van der Waals surface area contributed by atoms with Crippen molar-refractivity contribution in [2.45, 2.75) is 52.4 Å². The van der Waals surface area contributed by atoms with Crippen molar-refractivity contribution in [3.05, 3.63) is 24.3 Å². The van der Waals surface area contributed by atoms with Crippen molar-refractivity contribution in [2.75, 3.05) is 23.3 Å². The minimum atomic E-state index is -0.157. The molecule has 2 amide bonds. The topological polar surface area (TPSA) is 53.6 Å². The van der Waals surface area contributed by atoms with Crippen LogP contribution in [0.4, 0.5) is 16.2 Å². The summed E-state index contributed by atoms with van der Waals surface area (Å²) in [5.74, 6) is 0. The average molecular weight is 305 g/mol. The molecule has 2 N–H and O–H groups in total. The fourth-order valence-electron chi connectivity index (χ4n) is 2.64. The molecule has 1 aromatic rings. The second-order valence-electron chi connectivity index (χ2n) is 6.12. The van der Waals surface area contributed by atoms with Gasteiger partial charge in [0.1, 0.15) is 0 Å². The minimum Gasteiger partial charge on any atom is -0.372 e. The van der Waals surface area contributed by atoms with Crippen LogP contribution in [0.1, 0.15) is 34.1 Å². The first-order valence-corrected chi connectivity index (χ1v) is 8.06. The van der Waals surface area contributed by atoms with Crippen LogP contribution >= 0.6 is 0 Å². The largest absolute Gasteiger partial charge is 0.372 e. The molecule has 0 saturated carbocycles. The monoisotopic (exact) mass is 305 g/mol. The van der Waals surface area contributed by atoms with Gasteiger partial charge >= 0.3 is 6.03 Å². The van der Waals surface area contributed by atoms with E-state index in [1.165, 1.54) is 0 Å². The molecule has 1 heterocycles. The summed E-state index contributed by atoms with van der Waals surface area (Å²) >= 11 is 0. The van der Waals surface area contributed by atoms with Crippen LogP contribution in [0.2, 0.25) is 0 Å². The Labute approximate surface area is 133 Å². The lowest BCUT2D eigenvalue weighted by Crippen LogP contribution is -2.45. The number of carbonyl (C=O) groups excluding carboxylic acids is 1. The first-order valence-electron chi connectivity index (χ1n) is 8.06. The number of hydrogen-bond acceptors (Lipinski definition) is 3. The molecule has 1 aliphatic rings. The van der Waals surface area contributed by atoms with Crippen molar-refractivity contribution in [2.24, 2.45) is 0 Å². The second kappa shape index (κ2) is 7.49. The van der Waals surface area contributed by atoms with Crippen molar-refractivity contribution in [1.82, 2.24) is 5.32 Å². The maximum Gasteiger partial charge on any atom is 0.319 e. The lowest BCUT2D eigenvalue weighted by molar-refractivity contribution is -0.00521. The highest BCUT2D eigenvalue weighted by Crippen LogP contribution is 2.22. The van der Waals surface area contributed by atoms with E-state index in [1.54, 1.807) is 0 Å². The Bertz CT molecular complexity index is 479. The molecule has 5 heteroatoms. The summed E-state index contributed by atoms with van der Waals surface area (Å²) in [6.45, 7) is 10.0. The fraction of sp³-hybridized carbons (Fsp3) is 0.588. The Morgan fingerprint density at radius 1 is 1.27 bits per heavy atom. The molecule has 1 aliphatic heterocycles. The predicted molar refractivity (Wildman–Crippen MR) is 90.6 cm³/mol. The van der Waals surface area contributed by atoms with E-state index in [9.17, 15) is 4.79 Å². The fourth-order valence-corrected chi connectivity index (χ4v) is 2.64. The smallest absolute Gasteiger partial charge is 0.319 e. The normalized spacial score (nSPS) is 23.0. The summed E-state index contributed by atoms with van der Waals surface area (Å²) in [6, 6.07) is 7.99. The Kier molecular flexibility index (Phi) is 5.66. The predicted octanol–water partition coefficient (Wildman–Crippen LogP) is 3.22. The van der Waals surface area contributed by atoms with Crippen molar-refractivity contribution >= 4 is 17.4 Å². The third-order valence-corrected chi connectivity index (χ3v) is 3.90. The molecule has 0 unspecified atom stereocenters. The van der Waals surface area contributed by atoms with Gasteiger partial charge in [-0.25, -0.2) is 4.79 Å². The zero-order chi connectivity index (χ0) is 16.1. The van der Waals surface area contributed by atoms with Gasteiger partial charge in [-0.05, 0) is 51.5 Å². The van der Waals surface area contributed by atoms with Gasteiger partial charge in [0.25, 0.3) is 0 Å². The van der Waals surface area contributed by atoms with E-state index in [4.69, 9.17) is 4.74 Å². The number of nitrogens with zero attached hydrogens (tertiary/aromatic N) is 1. The molecule has 3 atom stereocenters. The van der Waals surface area contributed by atoms with E-state index in [-0.39, 0.29) is 24.3 Å². The third kappa shape index (κ3) is 4.63. The van der Waals surface area contributed by atoms with E-state index in [0.29, 0.717) is 0 Å². The van der Waals surface area contributed by atoms with Gasteiger partial charge in [0, 0.05) is 30.5 Å². The molecule has 0 spiro atoms. The quantitative estimate of drug-likeness (QED) is 0.898. The molecule has 0 radical (unpaired) electrons. The molecule has 22 heavy (non-hydrogen) atoms. The van der Waals surface area contributed by atoms with Crippen LogP contribution < -0.4 is 15.5 Å². The van der Waals surface area contributed by atoms with Crippen LogP contribution in [0.5, 0.6) is 0 Å². The zero-order valence-electron chi connectivity index (χ0n) is 13.9. The first-order chi connectivity index (χ1) is 10.5. The van der Waals surface area contributed by atoms with Crippen LogP contribution in [0.25, 0.3) is 0 Å². The number of morpholine rings is 1. The number of nitrogens with one attached hydrogen (secondary N) is 2. The number of urea groups is 1. The molecule has 2 rings (SSSR count). The molecule has 0 aromatic heterocycles. The van der Waals surface area contributed by atoms with E-state index < -0.39 is 0 Å². The standard InChI is InChI=1S/C17H27N3O2/c1-5-12(2)18-17(21)19-15-6-8-16(9-7-15)20-10-13(3)22-14(4)11-20/h6-9,12-14H,5,10-11H2,1-4H3,(H2,18,19,21)/t12-,13-,14+/m1/s1. The summed E-state index contributed by atoms with van der Waals surface area (Å²) in [5, 5.41) is 5.75. The van der Waals surface area contributed by atoms with Crippen molar-refractivity contribution in [3.63, 3.8) is 0 Å². The van der Waals surface area contributed by atoms with E-state index >= 15 is 0 Å². The van der Waals surface area contributed by atoms with Gasteiger partial charge in [-0.3, -0.25) is 0 Å². The van der Waals surface area contributed by atoms with E-state index in [1.807, 2.05) is 38.1 Å². The van der Waals surface area contributed by atoms with E-state index in [0.717, 1.165) is 30.9 Å². The number of rotatable bonds is 4. The van der Waals surface area contributed by atoms with E-state index in [2.05, 4.69) is 29.4 Å². The molecule has 122 valence electrons. The molecule has 1 aromatic carbocycles. The highest BCUT2D eigenvalue weighted by Gasteiger charge is 2.22. The van der Waals surface area contributed by atoms with Gasteiger partial charge in [0.15, 0.2) is 0 Å². The third-order valence-electron chi connectivity index (χ3n) is 3.90. The van der Waals surface area contributed by atoms with Crippen LogP contribution in [0.3, 0.4) is 0 Å². The van der Waals surface area contributed by atoms with Crippen molar-refractivity contribution in [3.8, 4) is 0 Å². The maximum atomic E-state index is 11.8. The molecule has 1 fully saturated rings. The summed E-state index contributed by atoms with van der Waals surface area (Å²) in [5.41, 5.74) is 1.97. The molecule has 0 bridgehead atoms.